The van der Waals surface area contributed by atoms with Crippen LogP contribution >= 0.6 is 11.8 Å². The fourth-order valence-corrected chi connectivity index (χ4v) is 1.81. The van der Waals surface area contributed by atoms with Gasteiger partial charge in [-0.3, -0.25) is 9.59 Å². The maximum Gasteiger partial charge on any atom is 0.321 e. The van der Waals surface area contributed by atoms with Gasteiger partial charge in [-0.05, 0) is 12.1 Å². The third-order valence-electron chi connectivity index (χ3n) is 1.99. The molecule has 1 amide bonds. The van der Waals surface area contributed by atoms with Crippen molar-refractivity contribution in [2.24, 2.45) is 5.73 Å². The molecule has 0 saturated carbocycles. The van der Waals surface area contributed by atoms with E-state index in [1.165, 1.54) is 11.8 Å². The molecule has 4 N–H and O–H groups in total. The van der Waals surface area contributed by atoms with Crippen LogP contribution in [0.2, 0.25) is 0 Å². The molecule has 0 bridgehead atoms. The van der Waals surface area contributed by atoms with Crippen LogP contribution in [-0.4, -0.2) is 34.7 Å². The lowest BCUT2D eigenvalue weighted by Gasteiger charge is -2.07. The van der Waals surface area contributed by atoms with Crippen molar-refractivity contribution in [3.63, 3.8) is 0 Å². The zero-order valence-electron chi connectivity index (χ0n) is 9.13. The number of carboxylic acids is 1. The van der Waals surface area contributed by atoms with Crippen molar-refractivity contribution in [2.75, 3.05) is 11.6 Å². The molecule has 17 heavy (non-hydrogen) atoms. The minimum atomic E-state index is -1.04. The minimum absolute atomic E-state index is 0.179. The number of hydrogen-bond donors (Lipinski definition) is 3. The Hall–Kier alpha value is -1.53. The van der Waals surface area contributed by atoms with Crippen molar-refractivity contribution in [1.82, 2.24) is 5.32 Å². The molecule has 0 aromatic heterocycles. The Morgan fingerprint density at radius 2 is 2.00 bits per heavy atom. The predicted molar refractivity (Wildman–Crippen MR) is 66.8 cm³/mol. The van der Waals surface area contributed by atoms with Gasteiger partial charge in [0.05, 0.1) is 5.88 Å². The van der Waals surface area contributed by atoms with Gasteiger partial charge in [-0.1, -0.05) is 18.2 Å². The predicted octanol–water partition coefficient (Wildman–Crippen LogP) is 0.519. The Kier molecular flexibility index (Phi) is 5.51. The van der Waals surface area contributed by atoms with Gasteiger partial charge < -0.3 is 16.2 Å². The first-order chi connectivity index (χ1) is 8.11. The van der Waals surface area contributed by atoms with Crippen LogP contribution in [0.5, 0.6) is 0 Å². The first-order valence-corrected chi connectivity index (χ1v) is 6.16. The van der Waals surface area contributed by atoms with E-state index in [1.807, 2.05) is 6.07 Å². The van der Waals surface area contributed by atoms with Gasteiger partial charge in [0, 0.05) is 11.3 Å². The summed E-state index contributed by atoms with van der Waals surface area (Å²) in [5, 5.41) is 11.2. The van der Waals surface area contributed by atoms with Crippen molar-refractivity contribution in [3.8, 4) is 0 Å². The summed E-state index contributed by atoms with van der Waals surface area (Å²) in [5.74, 6) is -0.604. The van der Waals surface area contributed by atoms with E-state index in [0.29, 0.717) is 11.4 Å². The van der Waals surface area contributed by atoms with E-state index in [0.717, 1.165) is 0 Å². The summed E-state index contributed by atoms with van der Waals surface area (Å²) < 4.78 is 0. The van der Waals surface area contributed by atoms with Crippen LogP contribution in [0, 0.1) is 0 Å². The van der Waals surface area contributed by atoms with Crippen LogP contribution in [0.1, 0.15) is 10.4 Å². The molecule has 0 aliphatic heterocycles. The van der Waals surface area contributed by atoms with Crippen molar-refractivity contribution >= 4 is 23.6 Å². The van der Waals surface area contributed by atoms with Crippen LogP contribution in [0.4, 0.5) is 0 Å². The van der Waals surface area contributed by atoms with Crippen molar-refractivity contribution < 1.29 is 14.7 Å². The monoisotopic (exact) mass is 254 g/mol. The number of benzene rings is 1. The van der Waals surface area contributed by atoms with Crippen LogP contribution in [-0.2, 0) is 4.79 Å². The van der Waals surface area contributed by atoms with E-state index >= 15 is 0 Å². The van der Waals surface area contributed by atoms with Crippen LogP contribution in [0.3, 0.4) is 0 Å². The molecule has 6 heteroatoms. The molecule has 1 aromatic carbocycles. The molecule has 0 radical (unpaired) electrons. The van der Waals surface area contributed by atoms with Gasteiger partial charge in [0.2, 0.25) is 0 Å². The van der Waals surface area contributed by atoms with Gasteiger partial charge in [-0.25, -0.2) is 0 Å². The largest absolute Gasteiger partial charge is 0.480 e. The van der Waals surface area contributed by atoms with E-state index in [9.17, 15) is 9.59 Å². The van der Waals surface area contributed by atoms with Gasteiger partial charge in [0.25, 0.3) is 5.91 Å². The fraction of sp³-hybridized carbons (Fsp3) is 0.273. The summed E-state index contributed by atoms with van der Waals surface area (Å²) in [7, 11) is 0. The highest BCUT2D eigenvalue weighted by molar-refractivity contribution is 7.99. The lowest BCUT2D eigenvalue weighted by molar-refractivity contribution is -0.137. The average Bonchev–Trinajstić information content (AvgIpc) is 2.35. The third-order valence-corrected chi connectivity index (χ3v) is 2.93. The van der Waals surface area contributed by atoms with Gasteiger partial charge >= 0.3 is 5.97 Å². The van der Waals surface area contributed by atoms with Crippen LogP contribution in [0.25, 0.3) is 0 Å². The molecular weight excluding hydrogens is 240 g/mol. The molecule has 5 nitrogen and oxygen atoms in total. The van der Waals surface area contributed by atoms with Gasteiger partial charge in [-0.15, -0.1) is 11.8 Å². The summed E-state index contributed by atoms with van der Waals surface area (Å²) in [6, 6.07) is 7.92. The van der Waals surface area contributed by atoms with E-state index in [4.69, 9.17) is 10.8 Å². The molecule has 0 heterocycles. The lowest BCUT2D eigenvalue weighted by atomic mass is 10.2. The Morgan fingerprint density at radius 1 is 1.35 bits per heavy atom. The second-order valence-corrected chi connectivity index (χ2v) is 4.36. The Balaban J connectivity index is 2.24. The molecule has 1 atom stereocenters. The number of rotatable bonds is 6. The van der Waals surface area contributed by atoms with Gasteiger partial charge in [-0.2, -0.15) is 0 Å². The Labute approximate surface area is 103 Å². The molecule has 1 rings (SSSR count). The molecule has 0 spiro atoms. The second kappa shape index (κ2) is 6.93. The van der Waals surface area contributed by atoms with E-state index in [1.54, 1.807) is 24.3 Å². The zero-order chi connectivity index (χ0) is 12.7. The number of amides is 1. The quantitative estimate of drug-likeness (QED) is 0.508. The standard InChI is InChI=1S/C11H14N2O3S/c12-9(11(15)16)6-17-7-13-10(14)8-4-2-1-3-5-8/h1-5,9H,6-7,12H2,(H,13,14)(H,15,16)/t9-/m1/s1. The number of nitrogens with one attached hydrogen (secondary N) is 1. The molecule has 0 aliphatic rings. The maximum atomic E-state index is 11.6. The molecular formula is C11H14N2O3S. The fourth-order valence-electron chi connectivity index (χ4n) is 1.07. The Morgan fingerprint density at radius 3 is 2.59 bits per heavy atom. The molecule has 0 unspecified atom stereocenters. The van der Waals surface area contributed by atoms with Crippen molar-refractivity contribution in [1.29, 1.82) is 0 Å². The smallest absolute Gasteiger partial charge is 0.321 e. The summed E-state index contributed by atoms with van der Waals surface area (Å²) >= 11 is 1.27. The summed E-state index contributed by atoms with van der Waals surface area (Å²) in [6.07, 6.45) is 0. The number of carbonyl (C=O) groups is 2. The lowest BCUT2D eigenvalue weighted by Crippen LogP contribution is -2.33. The highest BCUT2D eigenvalue weighted by atomic mass is 32.2. The first kappa shape index (κ1) is 13.5. The number of thioether (sulfide) groups is 1. The zero-order valence-corrected chi connectivity index (χ0v) is 9.94. The van der Waals surface area contributed by atoms with Crippen LogP contribution < -0.4 is 11.1 Å². The van der Waals surface area contributed by atoms with Crippen LogP contribution in [0.15, 0.2) is 30.3 Å². The van der Waals surface area contributed by atoms with E-state index in [-0.39, 0.29) is 11.7 Å². The molecule has 0 fully saturated rings. The second-order valence-electron chi connectivity index (χ2n) is 3.33. The summed E-state index contributed by atoms with van der Waals surface area (Å²) in [6.45, 7) is 0. The number of nitrogens with two attached hydrogens (primary N) is 1. The highest BCUT2D eigenvalue weighted by Gasteiger charge is 2.11. The number of carbonyl (C=O) groups excluding carboxylic acids is 1. The maximum absolute atomic E-state index is 11.6. The Bertz CT molecular complexity index is 384. The molecule has 92 valence electrons. The van der Waals surface area contributed by atoms with E-state index < -0.39 is 12.0 Å². The highest BCUT2D eigenvalue weighted by Crippen LogP contribution is 2.02. The topological polar surface area (TPSA) is 92.4 Å². The number of hydrogen-bond acceptors (Lipinski definition) is 4. The van der Waals surface area contributed by atoms with E-state index in [2.05, 4.69) is 5.32 Å². The van der Waals surface area contributed by atoms with Gasteiger partial charge in [0.15, 0.2) is 0 Å². The van der Waals surface area contributed by atoms with Crippen molar-refractivity contribution in [3.05, 3.63) is 35.9 Å². The van der Waals surface area contributed by atoms with Crippen molar-refractivity contribution in [2.45, 2.75) is 6.04 Å². The summed E-state index contributed by atoms with van der Waals surface area (Å²) in [4.78, 5) is 22.0. The van der Waals surface area contributed by atoms with Gasteiger partial charge in [0.1, 0.15) is 6.04 Å². The average molecular weight is 254 g/mol. The first-order valence-electron chi connectivity index (χ1n) is 5.00. The number of carboxylic acid groups (broad SMARTS) is 1. The molecule has 0 aliphatic carbocycles. The third kappa shape index (κ3) is 4.88. The molecule has 0 saturated heterocycles. The number of aliphatic carboxylic acids is 1. The normalized spacial score (nSPS) is 11.8. The summed E-state index contributed by atoms with van der Waals surface area (Å²) in [5.41, 5.74) is 5.89. The minimum Gasteiger partial charge on any atom is -0.480 e. The molecule has 1 aromatic rings. The SMILES string of the molecule is N[C@H](CSCNC(=O)c1ccccc1)C(=O)O.